The second kappa shape index (κ2) is 6.17. The molecule has 2 heterocycles. The van der Waals surface area contributed by atoms with E-state index in [1.54, 1.807) is 0 Å². The third-order valence-corrected chi connectivity index (χ3v) is 3.73. The number of nitrogens with zero attached hydrogens (tertiary/aromatic N) is 1. The molecule has 0 aromatic heterocycles. The van der Waals surface area contributed by atoms with Gasteiger partial charge in [-0.3, -0.25) is 4.90 Å². The Morgan fingerprint density at radius 3 is 2.80 bits per heavy atom. The van der Waals surface area contributed by atoms with E-state index in [0.29, 0.717) is 11.8 Å². The number of ether oxygens (including phenoxy) is 2. The highest BCUT2D eigenvalue weighted by Gasteiger charge is 2.32. The quantitative estimate of drug-likeness (QED) is 0.737. The third kappa shape index (κ3) is 3.98. The lowest BCUT2D eigenvalue weighted by Gasteiger charge is -2.38. The minimum atomic E-state index is -0.452. The Morgan fingerprint density at radius 2 is 2.20 bits per heavy atom. The van der Waals surface area contributed by atoms with Crippen molar-refractivity contribution in [2.75, 3.05) is 19.8 Å². The van der Waals surface area contributed by atoms with Crippen molar-refractivity contribution in [3.8, 4) is 0 Å². The van der Waals surface area contributed by atoms with Crippen LogP contribution in [0.2, 0.25) is 0 Å². The van der Waals surface area contributed by atoms with Crippen molar-refractivity contribution in [3.05, 3.63) is 11.8 Å². The first-order chi connectivity index (χ1) is 9.37. The van der Waals surface area contributed by atoms with Gasteiger partial charge in [0, 0.05) is 24.8 Å². The highest BCUT2D eigenvalue weighted by atomic mass is 16.6. The van der Waals surface area contributed by atoms with Crippen LogP contribution in [-0.2, 0) is 9.47 Å². The molecule has 1 fully saturated rings. The van der Waals surface area contributed by atoms with Crippen LogP contribution in [0.25, 0.3) is 0 Å². The van der Waals surface area contributed by atoms with E-state index in [9.17, 15) is 4.79 Å². The van der Waals surface area contributed by atoms with E-state index in [1.165, 1.54) is 0 Å². The molecule has 0 aromatic rings. The molecule has 2 aliphatic rings. The number of carbonyl (C=O) groups is 1. The maximum Gasteiger partial charge on any atom is 0.414 e. The van der Waals surface area contributed by atoms with E-state index in [1.807, 2.05) is 25.7 Å². The molecule has 0 N–H and O–H groups in total. The van der Waals surface area contributed by atoms with E-state index in [-0.39, 0.29) is 6.09 Å². The van der Waals surface area contributed by atoms with Gasteiger partial charge in [0.1, 0.15) is 5.60 Å². The van der Waals surface area contributed by atoms with Crippen LogP contribution in [0.4, 0.5) is 4.79 Å². The van der Waals surface area contributed by atoms with Crippen molar-refractivity contribution in [2.24, 2.45) is 11.8 Å². The molecule has 2 rings (SSSR count). The Kier molecular flexibility index (Phi) is 4.74. The topological polar surface area (TPSA) is 38.8 Å². The first-order valence-electron chi connectivity index (χ1n) is 7.65. The van der Waals surface area contributed by atoms with Gasteiger partial charge in [0.15, 0.2) is 0 Å². The van der Waals surface area contributed by atoms with Crippen LogP contribution in [-0.4, -0.2) is 36.4 Å². The Morgan fingerprint density at radius 1 is 1.45 bits per heavy atom. The summed E-state index contributed by atoms with van der Waals surface area (Å²) in [6.45, 7) is 10.2. The van der Waals surface area contributed by atoms with Gasteiger partial charge in [-0.25, -0.2) is 4.79 Å². The molecule has 0 aromatic carbocycles. The van der Waals surface area contributed by atoms with Crippen molar-refractivity contribution >= 4 is 6.09 Å². The van der Waals surface area contributed by atoms with E-state index in [4.69, 9.17) is 9.47 Å². The first-order valence-corrected chi connectivity index (χ1v) is 7.65. The zero-order chi connectivity index (χ0) is 14.8. The number of carbonyl (C=O) groups excluding carboxylic acids is 1. The molecule has 0 saturated carbocycles. The summed E-state index contributed by atoms with van der Waals surface area (Å²) in [5.41, 5.74) is 0.656. The van der Waals surface area contributed by atoms with Gasteiger partial charge < -0.3 is 9.47 Å². The second-order valence-electron chi connectivity index (χ2n) is 6.97. The van der Waals surface area contributed by atoms with Crippen LogP contribution in [0, 0.1) is 11.8 Å². The van der Waals surface area contributed by atoms with Crippen LogP contribution in [0.15, 0.2) is 11.8 Å². The van der Waals surface area contributed by atoms with Crippen molar-refractivity contribution < 1.29 is 14.3 Å². The molecule has 0 bridgehead atoms. The fourth-order valence-corrected chi connectivity index (χ4v) is 2.78. The van der Waals surface area contributed by atoms with E-state index >= 15 is 0 Å². The maximum atomic E-state index is 12.4. The van der Waals surface area contributed by atoms with Crippen molar-refractivity contribution in [1.82, 2.24) is 4.90 Å². The molecule has 1 amide bonds. The average Bonchev–Trinajstić information content (AvgIpc) is 2.37. The van der Waals surface area contributed by atoms with Crippen molar-refractivity contribution in [1.29, 1.82) is 0 Å². The Labute approximate surface area is 122 Å². The molecular weight excluding hydrogens is 254 g/mol. The van der Waals surface area contributed by atoms with E-state index in [2.05, 4.69) is 13.0 Å². The number of amides is 1. The monoisotopic (exact) mass is 281 g/mol. The predicted octanol–water partition coefficient (Wildman–Crippen LogP) is 3.57. The van der Waals surface area contributed by atoms with Gasteiger partial charge in [0.25, 0.3) is 0 Å². The normalized spacial score (nSPS) is 28.0. The summed E-state index contributed by atoms with van der Waals surface area (Å²) in [4.78, 5) is 14.3. The maximum absolute atomic E-state index is 12.4. The van der Waals surface area contributed by atoms with Crippen LogP contribution >= 0.6 is 0 Å². The smallest absolute Gasteiger partial charge is 0.414 e. The number of allylic oxidation sites excluding steroid dienone is 1. The SMILES string of the molecule is C[C@H]1CC=C(C2CCCOC2)N(C(=O)OC(C)(C)C)C1. The van der Waals surface area contributed by atoms with Gasteiger partial charge in [-0.05, 0) is 46.0 Å². The molecule has 1 saturated heterocycles. The number of hydrogen-bond acceptors (Lipinski definition) is 3. The van der Waals surface area contributed by atoms with Gasteiger partial charge in [-0.1, -0.05) is 13.0 Å². The summed E-state index contributed by atoms with van der Waals surface area (Å²) in [5.74, 6) is 0.819. The van der Waals surface area contributed by atoms with Gasteiger partial charge in [0.05, 0.1) is 6.61 Å². The molecule has 0 spiro atoms. The summed E-state index contributed by atoms with van der Waals surface area (Å²) in [6.07, 6.45) is 5.18. The third-order valence-electron chi connectivity index (χ3n) is 3.73. The molecule has 2 atom stereocenters. The summed E-state index contributed by atoms with van der Waals surface area (Å²) in [5, 5.41) is 0. The molecule has 0 aliphatic carbocycles. The van der Waals surface area contributed by atoms with Crippen LogP contribution < -0.4 is 0 Å². The van der Waals surface area contributed by atoms with Gasteiger partial charge in [-0.2, -0.15) is 0 Å². The van der Waals surface area contributed by atoms with Crippen molar-refractivity contribution in [2.45, 2.75) is 52.6 Å². The second-order valence-corrected chi connectivity index (χ2v) is 6.97. The zero-order valence-corrected chi connectivity index (χ0v) is 13.1. The predicted molar refractivity (Wildman–Crippen MR) is 78.3 cm³/mol. The fourth-order valence-electron chi connectivity index (χ4n) is 2.78. The minimum Gasteiger partial charge on any atom is -0.443 e. The highest BCUT2D eigenvalue weighted by Crippen LogP contribution is 2.31. The molecule has 4 heteroatoms. The lowest BCUT2D eigenvalue weighted by Crippen LogP contribution is -2.43. The summed E-state index contributed by atoms with van der Waals surface area (Å²) in [6, 6.07) is 0. The lowest BCUT2D eigenvalue weighted by atomic mass is 9.91. The molecule has 1 unspecified atom stereocenters. The van der Waals surface area contributed by atoms with Crippen LogP contribution in [0.5, 0.6) is 0 Å². The zero-order valence-electron chi connectivity index (χ0n) is 13.1. The molecule has 20 heavy (non-hydrogen) atoms. The summed E-state index contributed by atoms with van der Waals surface area (Å²) >= 11 is 0. The molecule has 114 valence electrons. The van der Waals surface area contributed by atoms with E-state index < -0.39 is 5.60 Å². The largest absolute Gasteiger partial charge is 0.443 e. The Bertz CT molecular complexity index is 378. The molecule has 0 radical (unpaired) electrons. The van der Waals surface area contributed by atoms with Gasteiger partial charge in [0.2, 0.25) is 0 Å². The van der Waals surface area contributed by atoms with Crippen LogP contribution in [0.1, 0.15) is 47.0 Å². The Balaban J connectivity index is 2.12. The molecule has 4 nitrogen and oxygen atoms in total. The van der Waals surface area contributed by atoms with Gasteiger partial charge >= 0.3 is 6.09 Å². The first kappa shape index (κ1) is 15.4. The van der Waals surface area contributed by atoms with Crippen LogP contribution in [0.3, 0.4) is 0 Å². The van der Waals surface area contributed by atoms with E-state index in [0.717, 1.165) is 44.7 Å². The fraction of sp³-hybridized carbons (Fsp3) is 0.812. The minimum absolute atomic E-state index is 0.221. The average molecular weight is 281 g/mol. The van der Waals surface area contributed by atoms with Gasteiger partial charge in [-0.15, -0.1) is 0 Å². The summed E-state index contributed by atoms with van der Waals surface area (Å²) in [7, 11) is 0. The number of hydrogen-bond donors (Lipinski definition) is 0. The molecular formula is C16H27NO3. The molecule has 2 aliphatic heterocycles. The summed E-state index contributed by atoms with van der Waals surface area (Å²) < 4.78 is 11.1. The number of rotatable bonds is 1. The van der Waals surface area contributed by atoms with Crippen molar-refractivity contribution in [3.63, 3.8) is 0 Å². The lowest BCUT2D eigenvalue weighted by molar-refractivity contribution is 0.0168. The standard InChI is InChI=1S/C16H27NO3/c1-12-7-8-14(13-6-5-9-19-11-13)17(10-12)15(18)20-16(2,3)4/h8,12-13H,5-7,9-11H2,1-4H3/t12-,13?/m0/s1. The Hall–Kier alpha value is -1.03. The highest BCUT2D eigenvalue weighted by molar-refractivity contribution is 5.71.